The molecule has 0 saturated carbocycles. The maximum atomic E-state index is 12.5. The number of nitrogens with one attached hydrogen (secondary N) is 2. The van der Waals surface area contributed by atoms with Crippen LogP contribution in [0.2, 0.25) is 0 Å². The lowest BCUT2D eigenvalue weighted by molar-refractivity contribution is 0.391. The van der Waals surface area contributed by atoms with Gasteiger partial charge in [0.1, 0.15) is 4.21 Å². The fraction of sp³-hybridized carbons (Fsp3) is 0.733. The summed E-state index contributed by atoms with van der Waals surface area (Å²) in [6.07, 6.45) is 1.96. The van der Waals surface area contributed by atoms with Crippen molar-refractivity contribution in [3.05, 3.63) is 16.5 Å². The van der Waals surface area contributed by atoms with Crippen molar-refractivity contribution >= 4 is 21.4 Å². The molecule has 2 N–H and O–H groups in total. The lowest BCUT2D eigenvalue weighted by Crippen LogP contribution is -2.37. The normalized spacial score (nSPS) is 13.8. The lowest BCUT2D eigenvalue weighted by Gasteiger charge is -2.21. The summed E-state index contributed by atoms with van der Waals surface area (Å²) in [5.41, 5.74) is 1.04. The molecule has 0 aliphatic heterocycles. The molecule has 0 saturated heterocycles. The smallest absolute Gasteiger partial charge is 0.250 e. The van der Waals surface area contributed by atoms with Crippen LogP contribution >= 0.6 is 11.3 Å². The number of thiophene rings is 1. The van der Waals surface area contributed by atoms with Crippen LogP contribution in [-0.4, -0.2) is 21.0 Å². The summed E-state index contributed by atoms with van der Waals surface area (Å²) < 4.78 is 28.2. The SMILES string of the molecule is CCNCc1sc(S(=O)(=O)NC(C)C(CC)CC)cc1C. The van der Waals surface area contributed by atoms with E-state index < -0.39 is 10.0 Å². The highest BCUT2D eigenvalue weighted by Crippen LogP contribution is 2.26. The van der Waals surface area contributed by atoms with Gasteiger partial charge >= 0.3 is 0 Å². The fourth-order valence-electron chi connectivity index (χ4n) is 2.43. The maximum Gasteiger partial charge on any atom is 0.250 e. The van der Waals surface area contributed by atoms with Crippen LogP contribution in [0.25, 0.3) is 0 Å². The Bertz CT molecular complexity index is 534. The van der Waals surface area contributed by atoms with Gasteiger partial charge in [-0.3, -0.25) is 0 Å². The average Bonchev–Trinajstić information content (AvgIpc) is 2.79. The van der Waals surface area contributed by atoms with E-state index in [0.717, 1.165) is 36.4 Å². The molecule has 0 spiro atoms. The molecule has 6 heteroatoms. The van der Waals surface area contributed by atoms with Crippen LogP contribution in [0.15, 0.2) is 10.3 Å². The zero-order valence-electron chi connectivity index (χ0n) is 13.7. The summed E-state index contributed by atoms with van der Waals surface area (Å²) in [6, 6.07) is 1.74. The molecular formula is C15H28N2O2S2. The van der Waals surface area contributed by atoms with Crippen molar-refractivity contribution in [1.82, 2.24) is 10.0 Å². The van der Waals surface area contributed by atoms with Crippen molar-refractivity contribution in [2.75, 3.05) is 6.54 Å². The molecular weight excluding hydrogens is 304 g/mol. The van der Waals surface area contributed by atoms with Crippen LogP contribution in [0.5, 0.6) is 0 Å². The molecule has 0 radical (unpaired) electrons. The van der Waals surface area contributed by atoms with Gasteiger partial charge in [-0.1, -0.05) is 33.6 Å². The van der Waals surface area contributed by atoms with Crippen LogP contribution in [0, 0.1) is 12.8 Å². The third-order valence-corrected chi connectivity index (χ3v) is 7.16. The Morgan fingerprint density at radius 1 is 1.24 bits per heavy atom. The predicted octanol–water partition coefficient (Wildman–Crippen LogP) is 3.27. The molecule has 4 nitrogen and oxygen atoms in total. The molecule has 21 heavy (non-hydrogen) atoms. The standard InChI is InChI=1S/C15H28N2O2S2/c1-6-13(7-2)12(5)17-21(18,19)15-9-11(4)14(20-15)10-16-8-3/h9,12-13,16-17H,6-8,10H2,1-5H3. The van der Waals surface area contributed by atoms with E-state index in [1.807, 2.05) is 20.8 Å². The number of hydrogen-bond donors (Lipinski definition) is 2. The van der Waals surface area contributed by atoms with Crippen molar-refractivity contribution in [3.8, 4) is 0 Å². The number of sulfonamides is 1. The minimum absolute atomic E-state index is 0.0374. The summed E-state index contributed by atoms with van der Waals surface area (Å²) in [5, 5.41) is 3.24. The van der Waals surface area contributed by atoms with Crippen molar-refractivity contribution in [1.29, 1.82) is 0 Å². The quantitative estimate of drug-likeness (QED) is 0.730. The third-order valence-electron chi connectivity index (χ3n) is 3.90. The van der Waals surface area contributed by atoms with E-state index in [0.29, 0.717) is 10.1 Å². The molecule has 0 amide bonds. The second-order valence-electron chi connectivity index (χ2n) is 5.44. The molecule has 0 aliphatic rings. The Morgan fingerprint density at radius 3 is 2.38 bits per heavy atom. The molecule has 1 heterocycles. The van der Waals surface area contributed by atoms with E-state index in [4.69, 9.17) is 0 Å². The van der Waals surface area contributed by atoms with E-state index in [2.05, 4.69) is 23.9 Å². The summed E-state index contributed by atoms with van der Waals surface area (Å²) in [6.45, 7) is 11.8. The van der Waals surface area contributed by atoms with E-state index in [1.54, 1.807) is 6.07 Å². The highest BCUT2D eigenvalue weighted by Gasteiger charge is 2.24. The first-order valence-corrected chi connectivity index (χ1v) is 9.97. The first kappa shape index (κ1) is 18.6. The Hall–Kier alpha value is -0.430. The van der Waals surface area contributed by atoms with E-state index in [9.17, 15) is 8.42 Å². The molecule has 0 aliphatic carbocycles. The molecule has 1 unspecified atom stereocenters. The second-order valence-corrected chi connectivity index (χ2v) is 8.52. The van der Waals surface area contributed by atoms with Gasteiger partial charge in [0.25, 0.3) is 0 Å². The lowest BCUT2D eigenvalue weighted by atomic mass is 9.96. The molecule has 0 fully saturated rings. The van der Waals surface area contributed by atoms with Crippen LogP contribution in [0.3, 0.4) is 0 Å². The Kier molecular flexibility index (Phi) is 7.33. The minimum Gasteiger partial charge on any atom is -0.312 e. The predicted molar refractivity (Wildman–Crippen MR) is 90.3 cm³/mol. The Balaban J connectivity index is 2.88. The number of aryl methyl sites for hydroxylation is 1. The van der Waals surface area contributed by atoms with Gasteiger partial charge in [-0.25, -0.2) is 13.1 Å². The summed E-state index contributed by atoms with van der Waals surface area (Å²) in [5.74, 6) is 0.377. The fourth-order valence-corrected chi connectivity index (χ4v) is 5.32. The van der Waals surface area contributed by atoms with Gasteiger partial charge < -0.3 is 5.32 Å². The molecule has 0 bridgehead atoms. The van der Waals surface area contributed by atoms with Crippen molar-refractivity contribution in [2.24, 2.45) is 5.92 Å². The topological polar surface area (TPSA) is 58.2 Å². The monoisotopic (exact) mass is 332 g/mol. The van der Waals surface area contributed by atoms with Crippen LogP contribution in [0.4, 0.5) is 0 Å². The van der Waals surface area contributed by atoms with Gasteiger partial charge in [0, 0.05) is 17.5 Å². The van der Waals surface area contributed by atoms with Crippen molar-refractivity contribution in [3.63, 3.8) is 0 Å². The Morgan fingerprint density at radius 2 is 1.86 bits per heavy atom. The number of rotatable bonds is 9. The van der Waals surface area contributed by atoms with Crippen LogP contribution < -0.4 is 10.0 Å². The van der Waals surface area contributed by atoms with E-state index in [-0.39, 0.29) is 6.04 Å². The maximum absolute atomic E-state index is 12.5. The molecule has 0 aromatic carbocycles. The highest BCUT2D eigenvalue weighted by atomic mass is 32.2. The van der Waals surface area contributed by atoms with Crippen molar-refractivity contribution in [2.45, 2.75) is 64.3 Å². The zero-order valence-corrected chi connectivity index (χ0v) is 15.3. The average molecular weight is 333 g/mol. The third kappa shape index (κ3) is 5.06. The van der Waals surface area contributed by atoms with E-state index >= 15 is 0 Å². The van der Waals surface area contributed by atoms with Gasteiger partial charge in [0.2, 0.25) is 10.0 Å². The van der Waals surface area contributed by atoms with Gasteiger partial charge in [-0.05, 0) is 37.9 Å². The second kappa shape index (κ2) is 8.27. The summed E-state index contributed by atoms with van der Waals surface area (Å²) in [4.78, 5) is 1.09. The van der Waals surface area contributed by atoms with Crippen molar-refractivity contribution < 1.29 is 8.42 Å². The first-order valence-electron chi connectivity index (χ1n) is 7.68. The largest absolute Gasteiger partial charge is 0.312 e. The van der Waals surface area contributed by atoms with Gasteiger partial charge in [-0.2, -0.15) is 0 Å². The highest BCUT2D eigenvalue weighted by molar-refractivity contribution is 7.91. The molecule has 1 aromatic rings. The van der Waals surface area contributed by atoms with Gasteiger partial charge in [0.05, 0.1) is 0 Å². The zero-order chi connectivity index (χ0) is 16.0. The molecule has 122 valence electrons. The minimum atomic E-state index is -3.41. The Labute approximate surface area is 133 Å². The van der Waals surface area contributed by atoms with Gasteiger partial charge in [0.15, 0.2) is 0 Å². The first-order chi connectivity index (χ1) is 9.85. The van der Waals surface area contributed by atoms with E-state index in [1.165, 1.54) is 11.3 Å². The van der Waals surface area contributed by atoms with Crippen LogP contribution in [0.1, 0.15) is 51.0 Å². The summed E-state index contributed by atoms with van der Waals surface area (Å²) in [7, 11) is -3.41. The number of hydrogen-bond acceptors (Lipinski definition) is 4. The summed E-state index contributed by atoms with van der Waals surface area (Å²) >= 11 is 1.36. The van der Waals surface area contributed by atoms with Gasteiger partial charge in [-0.15, -0.1) is 11.3 Å². The molecule has 1 aromatic heterocycles. The molecule has 1 rings (SSSR count). The van der Waals surface area contributed by atoms with Crippen LogP contribution in [-0.2, 0) is 16.6 Å². The molecule has 1 atom stereocenters.